The Bertz CT molecular complexity index is 645. The SMILES string of the molecule is CC(C)(C)OC(=O)N1CCC2(C1)CN(c1ccc([N+](=O)[O-])cc1)C2. The maximum absolute atomic E-state index is 12.2. The first-order chi connectivity index (χ1) is 11.2. The van der Waals surface area contributed by atoms with Crippen LogP contribution in [0.5, 0.6) is 0 Å². The van der Waals surface area contributed by atoms with Crippen LogP contribution in [0.25, 0.3) is 0 Å². The summed E-state index contributed by atoms with van der Waals surface area (Å²) >= 11 is 0. The van der Waals surface area contributed by atoms with E-state index < -0.39 is 10.5 Å². The van der Waals surface area contributed by atoms with Gasteiger partial charge in [-0.05, 0) is 39.3 Å². The summed E-state index contributed by atoms with van der Waals surface area (Å²) in [5.74, 6) is 0. The summed E-state index contributed by atoms with van der Waals surface area (Å²) in [6.07, 6.45) is 0.726. The summed E-state index contributed by atoms with van der Waals surface area (Å²) in [4.78, 5) is 26.5. The highest BCUT2D eigenvalue weighted by molar-refractivity contribution is 5.69. The van der Waals surface area contributed by atoms with Crippen LogP contribution in [0.4, 0.5) is 16.2 Å². The van der Waals surface area contributed by atoms with Crippen LogP contribution in [0.3, 0.4) is 0 Å². The number of nitro groups is 1. The van der Waals surface area contributed by atoms with Crippen LogP contribution in [-0.2, 0) is 4.74 Å². The fraction of sp³-hybridized carbons (Fsp3) is 0.588. The van der Waals surface area contributed by atoms with Crippen LogP contribution in [-0.4, -0.2) is 47.7 Å². The average molecular weight is 333 g/mol. The minimum atomic E-state index is -0.475. The van der Waals surface area contributed by atoms with E-state index >= 15 is 0 Å². The molecule has 1 aromatic carbocycles. The van der Waals surface area contributed by atoms with Gasteiger partial charge in [-0.2, -0.15) is 0 Å². The van der Waals surface area contributed by atoms with Crippen molar-refractivity contribution >= 4 is 17.5 Å². The largest absolute Gasteiger partial charge is 0.444 e. The molecular weight excluding hydrogens is 310 g/mol. The third kappa shape index (κ3) is 3.29. The number of hydrogen-bond donors (Lipinski definition) is 0. The van der Waals surface area contributed by atoms with Gasteiger partial charge in [0.1, 0.15) is 5.60 Å². The van der Waals surface area contributed by atoms with Crippen molar-refractivity contribution in [2.75, 3.05) is 31.1 Å². The lowest BCUT2D eigenvalue weighted by Crippen LogP contribution is -2.58. The molecule has 3 rings (SSSR count). The number of nitrogens with zero attached hydrogens (tertiary/aromatic N) is 3. The lowest BCUT2D eigenvalue weighted by atomic mass is 9.79. The minimum absolute atomic E-state index is 0.103. The first-order valence-electron chi connectivity index (χ1n) is 8.15. The molecule has 0 saturated carbocycles. The van der Waals surface area contributed by atoms with Crippen molar-refractivity contribution in [3.8, 4) is 0 Å². The van der Waals surface area contributed by atoms with Gasteiger partial charge < -0.3 is 14.5 Å². The van der Waals surface area contributed by atoms with Gasteiger partial charge >= 0.3 is 6.09 Å². The molecule has 0 aromatic heterocycles. The van der Waals surface area contributed by atoms with Crippen molar-refractivity contribution in [3.63, 3.8) is 0 Å². The van der Waals surface area contributed by atoms with Gasteiger partial charge in [0.25, 0.3) is 5.69 Å². The lowest BCUT2D eigenvalue weighted by molar-refractivity contribution is -0.384. The smallest absolute Gasteiger partial charge is 0.410 e. The first kappa shape index (κ1) is 16.5. The molecule has 130 valence electrons. The molecule has 0 radical (unpaired) electrons. The number of likely N-dealkylation sites (tertiary alicyclic amines) is 1. The number of non-ortho nitro benzene ring substituents is 1. The van der Waals surface area contributed by atoms with Crippen LogP contribution < -0.4 is 4.90 Å². The minimum Gasteiger partial charge on any atom is -0.444 e. The summed E-state index contributed by atoms with van der Waals surface area (Å²) in [6, 6.07) is 6.63. The van der Waals surface area contributed by atoms with E-state index in [2.05, 4.69) is 4.90 Å². The molecule has 0 atom stereocenters. The van der Waals surface area contributed by atoms with E-state index in [4.69, 9.17) is 4.74 Å². The Morgan fingerprint density at radius 1 is 1.21 bits per heavy atom. The van der Waals surface area contributed by atoms with Gasteiger partial charge in [0.2, 0.25) is 0 Å². The Morgan fingerprint density at radius 3 is 2.38 bits per heavy atom. The maximum atomic E-state index is 12.2. The van der Waals surface area contributed by atoms with Gasteiger partial charge in [-0.15, -0.1) is 0 Å². The van der Waals surface area contributed by atoms with Crippen molar-refractivity contribution in [1.82, 2.24) is 4.90 Å². The number of amides is 1. The summed E-state index contributed by atoms with van der Waals surface area (Å²) in [5.41, 5.74) is 0.739. The molecule has 2 aliphatic heterocycles. The van der Waals surface area contributed by atoms with Crippen LogP contribution in [0, 0.1) is 15.5 Å². The van der Waals surface area contributed by atoms with Gasteiger partial charge in [-0.1, -0.05) is 0 Å². The molecule has 24 heavy (non-hydrogen) atoms. The Balaban J connectivity index is 1.56. The van der Waals surface area contributed by atoms with Crippen LogP contribution in [0.15, 0.2) is 24.3 Å². The van der Waals surface area contributed by atoms with E-state index in [0.717, 1.165) is 31.7 Å². The van der Waals surface area contributed by atoms with Crippen LogP contribution in [0.2, 0.25) is 0 Å². The second kappa shape index (κ2) is 5.65. The molecule has 7 nitrogen and oxygen atoms in total. The second-order valence-electron chi connectivity index (χ2n) is 7.78. The topological polar surface area (TPSA) is 75.9 Å². The van der Waals surface area contributed by atoms with Gasteiger partial charge in [0.05, 0.1) is 4.92 Å². The quantitative estimate of drug-likeness (QED) is 0.614. The summed E-state index contributed by atoms with van der Waals surface area (Å²) in [7, 11) is 0. The van der Waals surface area contributed by atoms with Crippen LogP contribution >= 0.6 is 0 Å². The molecule has 2 fully saturated rings. The normalized spacial score (nSPS) is 19.3. The zero-order valence-corrected chi connectivity index (χ0v) is 14.3. The predicted octanol–water partition coefficient (Wildman–Crippen LogP) is 3.04. The standard InChI is InChI=1S/C17H23N3O4/c1-16(2,3)24-15(21)18-9-8-17(10-18)11-19(12-17)13-4-6-14(7-5-13)20(22)23/h4-7H,8-12H2,1-3H3. The lowest BCUT2D eigenvalue weighted by Gasteiger charge is -2.49. The van der Waals surface area contributed by atoms with E-state index in [0.29, 0.717) is 6.54 Å². The Kier molecular flexibility index (Phi) is 3.89. The fourth-order valence-electron chi connectivity index (χ4n) is 3.41. The van der Waals surface area contributed by atoms with Gasteiger partial charge in [0, 0.05) is 49.4 Å². The zero-order valence-electron chi connectivity index (χ0n) is 14.3. The van der Waals surface area contributed by atoms with Crippen LogP contribution in [0.1, 0.15) is 27.2 Å². The average Bonchev–Trinajstić information content (AvgIpc) is 2.89. The molecule has 2 saturated heterocycles. The Hall–Kier alpha value is -2.31. The summed E-state index contributed by atoms with van der Waals surface area (Å²) in [6.45, 7) is 8.78. The fourth-order valence-corrected chi connectivity index (χ4v) is 3.41. The number of hydrogen-bond acceptors (Lipinski definition) is 5. The number of ether oxygens (including phenoxy) is 1. The van der Waals surface area contributed by atoms with Gasteiger partial charge in [-0.25, -0.2) is 4.79 Å². The van der Waals surface area contributed by atoms with E-state index in [1.807, 2.05) is 20.8 Å². The first-order valence-corrected chi connectivity index (χ1v) is 8.15. The number of carbonyl (C=O) groups excluding carboxylic acids is 1. The third-order valence-electron chi connectivity index (χ3n) is 4.57. The Labute approximate surface area is 141 Å². The molecule has 1 spiro atoms. The van der Waals surface area contributed by atoms with Gasteiger partial charge in [-0.3, -0.25) is 10.1 Å². The summed E-state index contributed by atoms with van der Waals surface area (Å²) < 4.78 is 5.44. The molecule has 0 N–H and O–H groups in total. The number of carbonyl (C=O) groups is 1. The Morgan fingerprint density at radius 2 is 1.83 bits per heavy atom. The number of nitro benzene ring substituents is 1. The van der Waals surface area contributed by atoms with Crippen molar-refractivity contribution in [3.05, 3.63) is 34.4 Å². The van der Waals surface area contributed by atoms with Gasteiger partial charge in [0.15, 0.2) is 0 Å². The number of rotatable bonds is 2. The zero-order chi connectivity index (χ0) is 17.5. The molecule has 2 heterocycles. The van der Waals surface area contributed by atoms with Crippen molar-refractivity contribution in [2.45, 2.75) is 32.8 Å². The summed E-state index contributed by atoms with van der Waals surface area (Å²) in [5, 5.41) is 10.7. The third-order valence-corrected chi connectivity index (χ3v) is 4.57. The van der Waals surface area contributed by atoms with E-state index in [9.17, 15) is 14.9 Å². The van der Waals surface area contributed by atoms with Crippen molar-refractivity contribution in [1.29, 1.82) is 0 Å². The highest BCUT2D eigenvalue weighted by atomic mass is 16.6. The number of benzene rings is 1. The predicted molar refractivity (Wildman–Crippen MR) is 90.2 cm³/mol. The molecule has 2 aliphatic rings. The number of anilines is 1. The molecular formula is C17H23N3O4. The van der Waals surface area contributed by atoms with E-state index in [1.165, 1.54) is 12.1 Å². The molecule has 7 heteroatoms. The van der Waals surface area contributed by atoms with Crippen molar-refractivity contribution in [2.24, 2.45) is 5.41 Å². The maximum Gasteiger partial charge on any atom is 0.410 e. The van der Waals surface area contributed by atoms with E-state index in [-0.39, 0.29) is 17.2 Å². The molecule has 0 aliphatic carbocycles. The molecule has 1 amide bonds. The second-order valence-corrected chi connectivity index (χ2v) is 7.78. The molecule has 0 unspecified atom stereocenters. The van der Waals surface area contributed by atoms with Crippen molar-refractivity contribution < 1.29 is 14.5 Å². The monoisotopic (exact) mass is 333 g/mol. The highest BCUT2D eigenvalue weighted by Crippen LogP contribution is 2.42. The van der Waals surface area contributed by atoms with E-state index in [1.54, 1.807) is 17.0 Å². The highest BCUT2D eigenvalue weighted by Gasteiger charge is 2.49. The molecule has 0 bridgehead atoms. The molecule has 1 aromatic rings.